The molecule has 1 unspecified atom stereocenters. The van der Waals surface area contributed by atoms with Crippen LogP contribution in [0.4, 0.5) is 5.69 Å². The first-order valence-electron chi connectivity index (χ1n) is 11.3. The van der Waals surface area contributed by atoms with Crippen molar-refractivity contribution < 1.29 is 4.52 Å². The Kier molecular flexibility index (Phi) is 6.06. The number of hydrogen-bond acceptors (Lipinski definition) is 5. The summed E-state index contributed by atoms with van der Waals surface area (Å²) in [6, 6.07) is 18.8. The fraction of sp³-hybridized carbons (Fsp3) is 0.222. The third kappa shape index (κ3) is 4.06. The zero-order chi connectivity index (χ0) is 23.8. The van der Waals surface area contributed by atoms with E-state index in [0.717, 1.165) is 33.8 Å². The molecule has 0 bridgehead atoms. The number of thiocarbonyl (C=S) groups is 1. The van der Waals surface area contributed by atoms with Gasteiger partial charge in [-0.2, -0.15) is 4.98 Å². The first-order chi connectivity index (χ1) is 16.5. The number of rotatable bonds is 5. The number of hydrogen-bond donors (Lipinski definition) is 1. The second-order valence-electron chi connectivity index (χ2n) is 8.48. The van der Waals surface area contributed by atoms with E-state index in [0.29, 0.717) is 16.8 Å². The maximum atomic E-state index is 5.88. The monoisotopic (exact) mass is 486 g/mol. The Morgan fingerprint density at radius 2 is 1.85 bits per heavy atom. The predicted octanol–water partition coefficient (Wildman–Crippen LogP) is 6.84. The second-order valence-corrected chi connectivity index (χ2v) is 9.82. The lowest BCUT2D eigenvalue weighted by Gasteiger charge is -2.37. The summed E-state index contributed by atoms with van der Waals surface area (Å²) in [6.45, 7) is 8.45. The summed E-state index contributed by atoms with van der Waals surface area (Å²) in [5, 5.41) is 10.5. The van der Waals surface area contributed by atoms with Gasteiger partial charge < -0.3 is 9.84 Å². The quantitative estimate of drug-likeness (QED) is 0.312. The lowest BCUT2D eigenvalue weighted by molar-refractivity contribution is 0.404. The second kappa shape index (κ2) is 9.16. The largest absolute Gasteiger partial charge is 0.351 e. The minimum absolute atomic E-state index is 0.196. The smallest absolute Gasteiger partial charge is 0.258 e. The third-order valence-corrected chi connectivity index (χ3v) is 7.52. The van der Waals surface area contributed by atoms with Gasteiger partial charge in [0, 0.05) is 11.4 Å². The normalized spacial score (nSPS) is 16.2. The molecule has 2 aromatic carbocycles. The van der Waals surface area contributed by atoms with Crippen molar-refractivity contribution in [1.82, 2.24) is 15.5 Å². The maximum absolute atomic E-state index is 5.88. The minimum atomic E-state index is -0.196. The average Bonchev–Trinajstić information content (AvgIpc) is 3.53. The molecule has 0 amide bonds. The van der Waals surface area contributed by atoms with Crippen LogP contribution in [-0.4, -0.2) is 15.3 Å². The van der Waals surface area contributed by atoms with E-state index in [-0.39, 0.29) is 6.04 Å². The van der Waals surface area contributed by atoms with Crippen LogP contribution in [0.1, 0.15) is 48.0 Å². The van der Waals surface area contributed by atoms with Crippen molar-refractivity contribution in [2.75, 3.05) is 4.90 Å². The molecular weight excluding hydrogens is 460 g/mol. The van der Waals surface area contributed by atoms with Crippen molar-refractivity contribution in [2.45, 2.75) is 40.2 Å². The van der Waals surface area contributed by atoms with Gasteiger partial charge in [0.05, 0.1) is 16.5 Å². The first-order valence-corrected chi connectivity index (χ1v) is 12.6. The van der Waals surface area contributed by atoms with E-state index in [1.807, 2.05) is 17.5 Å². The van der Waals surface area contributed by atoms with Crippen molar-refractivity contribution in [3.05, 3.63) is 93.8 Å². The molecule has 0 fully saturated rings. The highest BCUT2D eigenvalue weighted by Crippen LogP contribution is 2.39. The molecule has 4 aromatic rings. The summed E-state index contributed by atoms with van der Waals surface area (Å²) in [7, 11) is 0. The van der Waals surface area contributed by atoms with E-state index in [1.54, 1.807) is 11.3 Å². The molecule has 0 radical (unpaired) electrons. The van der Waals surface area contributed by atoms with Gasteiger partial charge in [-0.1, -0.05) is 48.5 Å². The van der Waals surface area contributed by atoms with Gasteiger partial charge in [0.1, 0.15) is 0 Å². The molecule has 0 aliphatic carbocycles. The van der Waals surface area contributed by atoms with Gasteiger partial charge in [-0.3, -0.25) is 4.90 Å². The van der Waals surface area contributed by atoms with Gasteiger partial charge in [-0.25, -0.2) is 0 Å². The molecule has 3 heterocycles. The number of nitrogens with one attached hydrogen (secondary N) is 1. The highest BCUT2D eigenvalue weighted by atomic mass is 32.1. The molecular formula is C27H26N4OS2. The summed E-state index contributed by atoms with van der Waals surface area (Å²) >= 11 is 7.47. The highest BCUT2D eigenvalue weighted by molar-refractivity contribution is 7.80. The zero-order valence-electron chi connectivity index (χ0n) is 19.6. The summed E-state index contributed by atoms with van der Waals surface area (Å²) < 4.78 is 5.84. The zero-order valence-corrected chi connectivity index (χ0v) is 21.3. The van der Waals surface area contributed by atoms with Crippen LogP contribution in [0.25, 0.3) is 16.3 Å². The molecule has 2 aromatic heterocycles. The highest BCUT2D eigenvalue weighted by Gasteiger charge is 2.35. The predicted molar refractivity (Wildman–Crippen MR) is 143 cm³/mol. The maximum Gasteiger partial charge on any atom is 0.258 e. The summed E-state index contributed by atoms with van der Waals surface area (Å²) in [6.07, 6.45) is 0.993. The van der Waals surface area contributed by atoms with Gasteiger partial charge in [0.25, 0.3) is 5.89 Å². The molecule has 0 saturated heterocycles. The minimum Gasteiger partial charge on any atom is -0.351 e. The van der Waals surface area contributed by atoms with E-state index < -0.39 is 0 Å². The van der Waals surface area contributed by atoms with Crippen molar-refractivity contribution in [1.29, 1.82) is 0 Å². The number of anilines is 1. The number of benzene rings is 2. The summed E-state index contributed by atoms with van der Waals surface area (Å²) in [4.78, 5) is 7.82. The van der Waals surface area contributed by atoms with Crippen LogP contribution in [0, 0.1) is 13.8 Å². The number of allylic oxidation sites excluding steroid dienone is 1. The number of aryl methyl sites for hydroxylation is 3. The Morgan fingerprint density at radius 1 is 1.06 bits per heavy atom. The standard InChI is InChI=1S/C27H26N4OS2/c1-5-19-9-11-20(12-10-19)24-23(26-29-25(30-32-26)22-7-6-14-34-22)18(4)31(27(33)28-24)21-13-8-16(2)17(3)15-21/h6-15,24H,5H2,1-4H3,(H,28,33). The van der Waals surface area contributed by atoms with Crippen LogP contribution in [-0.2, 0) is 6.42 Å². The fourth-order valence-electron chi connectivity index (χ4n) is 4.23. The number of nitrogens with zero attached hydrogens (tertiary/aromatic N) is 3. The molecule has 1 N–H and O–H groups in total. The van der Waals surface area contributed by atoms with Crippen molar-refractivity contribution in [2.24, 2.45) is 0 Å². The molecule has 34 heavy (non-hydrogen) atoms. The summed E-state index contributed by atoms with van der Waals surface area (Å²) in [5.74, 6) is 1.09. The molecule has 1 atom stereocenters. The molecule has 0 saturated carbocycles. The van der Waals surface area contributed by atoms with Gasteiger partial charge in [-0.15, -0.1) is 11.3 Å². The fourth-order valence-corrected chi connectivity index (χ4v) is 5.24. The van der Waals surface area contributed by atoms with Gasteiger partial charge in [0.2, 0.25) is 5.82 Å². The van der Waals surface area contributed by atoms with Crippen molar-refractivity contribution in [3.63, 3.8) is 0 Å². The van der Waals surface area contributed by atoms with Crippen LogP contribution in [0.15, 0.2) is 70.2 Å². The lowest BCUT2D eigenvalue weighted by Crippen LogP contribution is -2.46. The van der Waals surface area contributed by atoms with E-state index in [1.165, 1.54) is 16.7 Å². The first kappa shape index (κ1) is 22.5. The van der Waals surface area contributed by atoms with Crippen molar-refractivity contribution in [3.8, 4) is 10.7 Å². The molecule has 5 nitrogen and oxygen atoms in total. The average molecular weight is 487 g/mol. The third-order valence-electron chi connectivity index (χ3n) is 6.35. The Labute approximate surface area is 209 Å². The molecule has 7 heteroatoms. The van der Waals surface area contributed by atoms with E-state index in [4.69, 9.17) is 21.7 Å². The Bertz CT molecular complexity index is 1370. The van der Waals surface area contributed by atoms with Crippen LogP contribution < -0.4 is 10.2 Å². The number of aromatic nitrogens is 2. The summed E-state index contributed by atoms with van der Waals surface area (Å²) in [5.41, 5.74) is 7.75. The van der Waals surface area contributed by atoms with E-state index in [2.05, 4.69) is 85.5 Å². The van der Waals surface area contributed by atoms with Crippen LogP contribution in [0.2, 0.25) is 0 Å². The van der Waals surface area contributed by atoms with E-state index in [9.17, 15) is 0 Å². The topological polar surface area (TPSA) is 54.2 Å². The molecule has 172 valence electrons. The van der Waals surface area contributed by atoms with Crippen LogP contribution in [0.3, 0.4) is 0 Å². The SMILES string of the molecule is CCc1ccc(C2NC(=S)N(c3ccc(C)c(C)c3)C(C)=C2c2nc(-c3cccs3)no2)cc1. The van der Waals surface area contributed by atoms with Crippen molar-refractivity contribution >= 4 is 39.9 Å². The van der Waals surface area contributed by atoms with Crippen LogP contribution >= 0.6 is 23.6 Å². The number of thiophene rings is 1. The molecule has 1 aliphatic rings. The van der Waals surface area contributed by atoms with E-state index >= 15 is 0 Å². The Hall–Kier alpha value is -3.29. The van der Waals surface area contributed by atoms with Gasteiger partial charge in [-0.05, 0) is 85.2 Å². The Morgan fingerprint density at radius 3 is 2.53 bits per heavy atom. The van der Waals surface area contributed by atoms with Crippen LogP contribution in [0.5, 0.6) is 0 Å². The molecule has 1 aliphatic heterocycles. The molecule has 5 rings (SSSR count). The molecule has 0 spiro atoms. The van der Waals surface area contributed by atoms with Gasteiger partial charge >= 0.3 is 0 Å². The lowest BCUT2D eigenvalue weighted by atomic mass is 9.93. The Balaban J connectivity index is 1.65. The van der Waals surface area contributed by atoms with Gasteiger partial charge in [0.15, 0.2) is 5.11 Å².